The number of halogens is 1. The van der Waals surface area contributed by atoms with Crippen molar-refractivity contribution >= 4 is 33.3 Å². The van der Waals surface area contributed by atoms with E-state index in [9.17, 15) is 9.18 Å². The van der Waals surface area contributed by atoms with Crippen LogP contribution in [0.15, 0.2) is 34.2 Å². The van der Waals surface area contributed by atoms with Crippen LogP contribution >= 0.6 is 23.1 Å². The molecule has 1 N–H and O–H groups in total. The number of hydrogen-bond donors (Lipinski definition) is 1. The standard InChI is InChI=1S/C18H17FN2O2S2/c19-12-6-2-3-7-13(12)21-17(23)15-11-5-1-4-8-14(11)25-16(15)20-18(21)24-10-9-22/h2-3,6-7,22H,1,4-5,8-10H2. The Morgan fingerprint density at radius 3 is 2.88 bits per heavy atom. The summed E-state index contributed by atoms with van der Waals surface area (Å²) in [6.45, 7) is -0.0310. The Labute approximate surface area is 152 Å². The van der Waals surface area contributed by atoms with Crippen LogP contribution in [0.2, 0.25) is 0 Å². The molecule has 4 nitrogen and oxygen atoms in total. The molecule has 1 aliphatic rings. The minimum atomic E-state index is -0.458. The highest BCUT2D eigenvalue weighted by atomic mass is 32.2. The molecule has 0 atom stereocenters. The number of aliphatic hydroxyl groups excluding tert-OH is 1. The SMILES string of the molecule is O=c1c2c3c(sc2nc(SCCO)n1-c1ccccc1F)CCCC3. The van der Waals surface area contributed by atoms with E-state index in [1.165, 1.54) is 27.3 Å². The van der Waals surface area contributed by atoms with Crippen molar-refractivity contribution in [2.75, 3.05) is 12.4 Å². The minimum Gasteiger partial charge on any atom is -0.396 e. The van der Waals surface area contributed by atoms with Crippen molar-refractivity contribution in [2.24, 2.45) is 0 Å². The zero-order valence-corrected chi connectivity index (χ0v) is 15.1. The highest BCUT2D eigenvalue weighted by Crippen LogP contribution is 2.35. The van der Waals surface area contributed by atoms with Crippen molar-refractivity contribution in [3.63, 3.8) is 0 Å². The second-order valence-electron chi connectivity index (χ2n) is 5.95. The van der Waals surface area contributed by atoms with Gasteiger partial charge in [0.2, 0.25) is 0 Å². The largest absolute Gasteiger partial charge is 0.396 e. The molecular formula is C18H17FN2O2S2. The van der Waals surface area contributed by atoms with Gasteiger partial charge < -0.3 is 5.11 Å². The first-order chi connectivity index (χ1) is 12.2. The number of fused-ring (bicyclic) bond motifs is 3. The van der Waals surface area contributed by atoms with E-state index in [0.717, 1.165) is 36.1 Å². The molecule has 7 heteroatoms. The lowest BCUT2D eigenvalue weighted by molar-refractivity contribution is 0.322. The number of aliphatic hydroxyl groups is 1. The predicted molar refractivity (Wildman–Crippen MR) is 99.6 cm³/mol. The van der Waals surface area contributed by atoms with Gasteiger partial charge in [-0.05, 0) is 43.4 Å². The third kappa shape index (κ3) is 2.90. The van der Waals surface area contributed by atoms with Gasteiger partial charge in [-0.1, -0.05) is 23.9 Å². The summed E-state index contributed by atoms with van der Waals surface area (Å²) < 4.78 is 15.7. The summed E-state index contributed by atoms with van der Waals surface area (Å²) >= 11 is 2.84. The summed E-state index contributed by atoms with van der Waals surface area (Å²) in [4.78, 5) is 19.9. The second-order valence-corrected chi connectivity index (χ2v) is 8.10. The number of aryl methyl sites for hydroxylation is 2. The second kappa shape index (κ2) is 6.90. The Kier molecular flexibility index (Phi) is 4.62. The molecule has 0 bridgehead atoms. The molecule has 0 amide bonds. The smallest absolute Gasteiger partial charge is 0.267 e. The molecule has 1 aromatic carbocycles. The van der Waals surface area contributed by atoms with Gasteiger partial charge in [0.05, 0.1) is 17.7 Å². The van der Waals surface area contributed by atoms with Gasteiger partial charge in [0.1, 0.15) is 10.6 Å². The van der Waals surface area contributed by atoms with Crippen molar-refractivity contribution < 1.29 is 9.50 Å². The molecule has 0 spiro atoms. The first-order valence-corrected chi connectivity index (χ1v) is 10.1. The number of nitrogens with zero attached hydrogens (tertiary/aromatic N) is 2. The Bertz CT molecular complexity index is 997. The predicted octanol–water partition coefficient (Wildman–Crippen LogP) is 3.55. The third-order valence-corrected chi connectivity index (χ3v) is 6.48. The van der Waals surface area contributed by atoms with Gasteiger partial charge >= 0.3 is 0 Å². The molecule has 25 heavy (non-hydrogen) atoms. The molecule has 1 aliphatic carbocycles. The lowest BCUT2D eigenvalue weighted by atomic mass is 9.97. The lowest BCUT2D eigenvalue weighted by Gasteiger charge is -2.13. The zero-order valence-electron chi connectivity index (χ0n) is 13.5. The number of hydrogen-bond acceptors (Lipinski definition) is 5. The molecule has 130 valence electrons. The molecule has 0 saturated heterocycles. The highest BCUT2D eigenvalue weighted by molar-refractivity contribution is 7.99. The maximum atomic E-state index is 14.4. The van der Waals surface area contributed by atoms with Gasteiger partial charge in [-0.25, -0.2) is 9.37 Å². The summed E-state index contributed by atoms with van der Waals surface area (Å²) in [5, 5.41) is 10.2. The molecule has 0 saturated carbocycles. The molecule has 2 aromatic heterocycles. The molecular weight excluding hydrogens is 359 g/mol. The minimum absolute atomic E-state index is 0.0310. The lowest BCUT2D eigenvalue weighted by Crippen LogP contribution is -2.23. The van der Waals surface area contributed by atoms with Gasteiger partial charge in [-0.3, -0.25) is 9.36 Å². The highest BCUT2D eigenvalue weighted by Gasteiger charge is 2.23. The average Bonchev–Trinajstić information content (AvgIpc) is 2.99. The van der Waals surface area contributed by atoms with Gasteiger partial charge in [0.15, 0.2) is 5.16 Å². The number of rotatable bonds is 4. The van der Waals surface area contributed by atoms with E-state index in [1.54, 1.807) is 29.5 Å². The van der Waals surface area contributed by atoms with Gasteiger partial charge in [-0.15, -0.1) is 11.3 Å². The van der Waals surface area contributed by atoms with Gasteiger partial charge in [0.25, 0.3) is 5.56 Å². The van der Waals surface area contributed by atoms with Crippen molar-refractivity contribution in [1.82, 2.24) is 9.55 Å². The van der Waals surface area contributed by atoms with Crippen LogP contribution in [0.1, 0.15) is 23.3 Å². The van der Waals surface area contributed by atoms with Gasteiger partial charge in [-0.2, -0.15) is 0 Å². The Hall–Kier alpha value is -1.70. The number of thiophene rings is 1. The van der Waals surface area contributed by atoms with Crippen LogP contribution in [0, 0.1) is 5.82 Å². The van der Waals surface area contributed by atoms with Crippen LogP contribution in [-0.2, 0) is 12.8 Å². The van der Waals surface area contributed by atoms with Crippen LogP contribution in [0.4, 0.5) is 4.39 Å². The number of aromatic nitrogens is 2. The Balaban J connectivity index is 2.03. The fourth-order valence-electron chi connectivity index (χ4n) is 3.27. The molecule has 2 heterocycles. The molecule has 0 aliphatic heterocycles. The summed E-state index contributed by atoms with van der Waals surface area (Å²) in [5.74, 6) is -0.0574. The normalized spacial score (nSPS) is 14.0. The van der Waals surface area contributed by atoms with Crippen molar-refractivity contribution in [3.05, 3.63) is 50.9 Å². The van der Waals surface area contributed by atoms with Crippen molar-refractivity contribution in [2.45, 2.75) is 30.8 Å². The van der Waals surface area contributed by atoms with E-state index in [-0.39, 0.29) is 17.9 Å². The van der Waals surface area contributed by atoms with E-state index in [4.69, 9.17) is 5.11 Å². The van der Waals surface area contributed by atoms with Crippen molar-refractivity contribution in [3.8, 4) is 5.69 Å². The van der Waals surface area contributed by atoms with Crippen LogP contribution < -0.4 is 5.56 Å². The van der Waals surface area contributed by atoms with E-state index in [2.05, 4.69) is 4.98 Å². The zero-order chi connectivity index (χ0) is 17.4. The summed E-state index contributed by atoms with van der Waals surface area (Å²) in [6, 6.07) is 6.24. The van der Waals surface area contributed by atoms with E-state index in [1.807, 2.05) is 0 Å². The maximum absolute atomic E-state index is 14.4. The first kappa shape index (κ1) is 16.8. The van der Waals surface area contributed by atoms with Crippen LogP contribution in [0.25, 0.3) is 15.9 Å². The Morgan fingerprint density at radius 2 is 2.08 bits per heavy atom. The molecule has 4 rings (SSSR count). The van der Waals surface area contributed by atoms with E-state index >= 15 is 0 Å². The fourth-order valence-corrected chi connectivity index (χ4v) is 5.32. The average molecular weight is 376 g/mol. The summed E-state index contributed by atoms with van der Waals surface area (Å²) in [5.41, 5.74) is 1.08. The number of para-hydroxylation sites is 1. The monoisotopic (exact) mass is 376 g/mol. The van der Waals surface area contributed by atoms with Crippen LogP contribution in [0.5, 0.6) is 0 Å². The molecule has 0 unspecified atom stereocenters. The Morgan fingerprint density at radius 1 is 1.28 bits per heavy atom. The van der Waals surface area contributed by atoms with Crippen LogP contribution in [0.3, 0.4) is 0 Å². The molecule has 3 aromatic rings. The maximum Gasteiger partial charge on any atom is 0.267 e. The first-order valence-electron chi connectivity index (χ1n) is 8.26. The van der Waals surface area contributed by atoms with E-state index in [0.29, 0.717) is 16.3 Å². The molecule has 0 fully saturated rings. The molecule has 0 radical (unpaired) electrons. The van der Waals surface area contributed by atoms with Gasteiger partial charge in [0, 0.05) is 10.6 Å². The fraction of sp³-hybridized carbons (Fsp3) is 0.333. The quantitative estimate of drug-likeness (QED) is 0.559. The van der Waals surface area contributed by atoms with Crippen LogP contribution in [-0.4, -0.2) is 27.0 Å². The number of benzene rings is 1. The summed E-state index contributed by atoms with van der Waals surface area (Å²) in [7, 11) is 0. The van der Waals surface area contributed by atoms with Crippen molar-refractivity contribution in [1.29, 1.82) is 0 Å². The third-order valence-electron chi connectivity index (χ3n) is 4.37. The number of thioether (sulfide) groups is 1. The topological polar surface area (TPSA) is 55.1 Å². The summed E-state index contributed by atoms with van der Waals surface area (Å²) in [6.07, 6.45) is 4.06. The van der Waals surface area contributed by atoms with E-state index < -0.39 is 5.82 Å².